The van der Waals surface area contributed by atoms with Crippen molar-refractivity contribution in [3.8, 4) is 12.3 Å². The number of terminal acetylenes is 1. The third-order valence-corrected chi connectivity index (χ3v) is 1.95. The van der Waals surface area contributed by atoms with Crippen LogP contribution in [0.2, 0.25) is 0 Å². The van der Waals surface area contributed by atoms with Gasteiger partial charge in [-0.2, -0.15) is 0 Å². The fourth-order valence-corrected chi connectivity index (χ4v) is 1.20. The molecule has 1 N–H and O–H groups in total. The van der Waals surface area contributed by atoms with E-state index in [0.29, 0.717) is 0 Å². The van der Waals surface area contributed by atoms with E-state index in [9.17, 15) is 13.9 Å². The van der Waals surface area contributed by atoms with Gasteiger partial charge in [0, 0.05) is 12.0 Å². The fraction of sp³-hybridized carbons (Fsp3) is 0.273. The van der Waals surface area contributed by atoms with E-state index in [0.717, 1.165) is 18.2 Å². The van der Waals surface area contributed by atoms with Crippen molar-refractivity contribution in [1.29, 1.82) is 0 Å². The Labute approximate surface area is 81.4 Å². The van der Waals surface area contributed by atoms with Crippen molar-refractivity contribution in [2.24, 2.45) is 0 Å². The van der Waals surface area contributed by atoms with Gasteiger partial charge in [0.1, 0.15) is 17.2 Å². The van der Waals surface area contributed by atoms with Gasteiger partial charge in [-0.3, -0.25) is 0 Å². The first-order chi connectivity index (χ1) is 6.47. The van der Waals surface area contributed by atoms with Crippen molar-refractivity contribution in [1.82, 2.24) is 0 Å². The van der Waals surface area contributed by atoms with E-state index in [1.807, 2.05) is 0 Å². The SMILES string of the molecule is C#CC[C@](C)(O)c1cc(F)ccc1F. The van der Waals surface area contributed by atoms with E-state index in [1.165, 1.54) is 6.92 Å². The molecule has 0 saturated heterocycles. The second-order valence-corrected chi connectivity index (χ2v) is 3.28. The largest absolute Gasteiger partial charge is 0.384 e. The predicted molar refractivity (Wildman–Crippen MR) is 49.4 cm³/mol. The lowest BCUT2D eigenvalue weighted by Gasteiger charge is -2.21. The topological polar surface area (TPSA) is 20.2 Å². The van der Waals surface area contributed by atoms with E-state index in [4.69, 9.17) is 6.42 Å². The molecule has 1 aromatic rings. The first kappa shape index (κ1) is 10.7. The summed E-state index contributed by atoms with van der Waals surface area (Å²) in [5.74, 6) is 0.955. The minimum atomic E-state index is -1.53. The summed E-state index contributed by atoms with van der Waals surface area (Å²) in [7, 11) is 0. The summed E-state index contributed by atoms with van der Waals surface area (Å²) in [5, 5.41) is 9.74. The van der Waals surface area contributed by atoms with E-state index in [2.05, 4.69) is 5.92 Å². The molecule has 0 unspecified atom stereocenters. The first-order valence-corrected chi connectivity index (χ1v) is 4.09. The van der Waals surface area contributed by atoms with Crippen LogP contribution in [0.1, 0.15) is 18.9 Å². The maximum Gasteiger partial charge on any atom is 0.129 e. The van der Waals surface area contributed by atoms with Crippen LogP contribution in [0, 0.1) is 24.0 Å². The Morgan fingerprint density at radius 2 is 2.14 bits per heavy atom. The number of halogens is 2. The van der Waals surface area contributed by atoms with Crippen LogP contribution in [0.3, 0.4) is 0 Å². The summed E-state index contributed by atoms with van der Waals surface area (Å²) in [6.45, 7) is 1.35. The average Bonchev–Trinajstić information content (AvgIpc) is 2.09. The van der Waals surface area contributed by atoms with Crippen LogP contribution in [-0.4, -0.2) is 5.11 Å². The molecule has 74 valence electrons. The number of hydrogen-bond acceptors (Lipinski definition) is 1. The number of aliphatic hydroxyl groups is 1. The fourth-order valence-electron chi connectivity index (χ4n) is 1.20. The lowest BCUT2D eigenvalue weighted by Crippen LogP contribution is -2.22. The van der Waals surface area contributed by atoms with Gasteiger partial charge in [-0.25, -0.2) is 8.78 Å². The summed E-state index contributed by atoms with van der Waals surface area (Å²) >= 11 is 0. The van der Waals surface area contributed by atoms with Crippen LogP contribution in [0.5, 0.6) is 0 Å². The summed E-state index contributed by atoms with van der Waals surface area (Å²) in [6.07, 6.45) is 4.95. The number of hydrogen-bond donors (Lipinski definition) is 1. The Kier molecular flexibility index (Phi) is 2.87. The monoisotopic (exact) mass is 196 g/mol. The number of rotatable bonds is 2. The zero-order valence-corrected chi connectivity index (χ0v) is 7.72. The third kappa shape index (κ3) is 2.09. The quantitative estimate of drug-likeness (QED) is 0.719. The Morgan fingerprint density at radius 1 is 1.50 bits per heavy atom. The predicted octanol–water partition coefficient (Wildman–Crippen LogP) is 2.20. The summed E-state index contributed by atoms with van der Waals surface area (Å²) in [5.41, 5.74) is -1.64. The molecule has 0 aliphatic carbocycles. The second kappa shape index (κ2) is 3.77. The summed E-state index contributed by atoms with van der Waals surface area (Å²) < 4.78 is 26.0. The van der Waals surface area contributed by atoms with Crippen molar-refractivity contribution >= 4 is 0 Å². The maximum absolute atomic E-state index is 13.2. The van der Waals surface area contributed by atoms with Crippen LogP contribution in [0.15, 0.2) is 18.2 Å². The highest BCUT2D eigenvalue weighted by atomic mass is 19.1. The normalized spacial score (nSPS) is 14.5. The molecular weight excluding hydrogens is 186 g/mol. The van der Waals surface area contributed by atoms with Gasteiger partial charge >= 0.3 is 0 Å². The van der Waals surface area contributed by atoms with Crippen LogP contribution < -0.4 is 0 Å². The van der Waals surface area contributed by atoms with Crippen molar-refractivity contribution in [3.63, 3.8) is 0 Å². The highest BCUT2D eigenvalue weighted by Crippen LogP contribution is 2.26. The molecule has 3 heteroatoms. The van der Waals surface area contributed by atoms with Crippen LogP contribution >= 0.6 is 0 Å². The van der Waals surface area contributed by atoms with Gasteiger partial charge in [0.15, 0.2) is 0 Å². The molecule has 1 nitrogen and oxygen atoms in total. The molecule has 0 spiro atoms. The van der Waals surface area contributed by atoms with E-state index in [1.54, 1.807) is 0 Å². The zero-order chi connectivity index (χ0) is 10.8. The van der Waals surface area contributed by atoms with Crippen LogP contribution in [0.4, 0.5) is 8.78 Å². The Hall–Kier alpha value is -1.40. The lowest BCUT2D eigenvalue weighted by molar-refractivity contribution is 0.0587. The molecule has 0 saturated carbocycles. The van der Waals surface area contributed by atoms with Crippen molar-refractivity contribution < 1.29 is 13.9 Å². The van der Waals surface area contributed by atoms with E-state index in [-0.39, 0.29) is 12.0 Å². The molecule has 0 bridgehead atoms. The molecule has 0 aromatic heterocycles. The molecule has 0 aliphatic rings. The van der Waals surface area contributed by atoms with Gasteiger partial charge < -0.3 is 5.11 Å². The third-order valence-electron chi connectivity index (χ3n) is 1.95. The summed E-state index contributed by atoms with van der Waals surface area (Å²) in [6, 6.07) is 2.91. The number of benzene rings is 1. The molecule has 0 heterocycles. The Balaban J connectivity index is 3.18. The van der Waals surface area contributed by atoms with Crippen molar-refractivity contribution in [2.45, 2.75) is 18.9 Å². The Bertz CT molecular complexity index is 377. The molecular formula is C11H10F2O. The second-order valence-electron chi connectivity index (χ2n) is 3.28. The highest BCUT2D eigenvalue weighted by Gasteiger charge is 2.25. The van der Waals surface area contributed by atoms with Crippen molar-refractivity contribution in [3.05, 3.63) is 35.4 Å². The van der Waals surface area contributed by atoms with Gasteiger partial charge in [0.05, 0.1) is 0 Å². The average molecular weight is 196 g/mol. The van der Waals surface area contributed by atoms with Crippen LogP contribution in [-0.2, 0) is 5.60 Å². The maximum atomic E-state index is 13.2. The molecule has 1 rings (SSSR count). The lowest BCUT2D eigenvalue weighted by atomic mass is 9.92. The minimum Gasteiger partial charge on any atom is -0.384 e. The smallest absolute Gasteiger partial charge is 0.129 e. The van der Waals surface area contributed by atoms with Crippen LogP contribution in [0.25, 0.3) is 0 Å². The molecule has 0 fully saturated rings. The minimum absolute atomic E-state index is 0.0621. The van der Waals surface area contributed by atoms with Gasteiger partial charge in [-0.05, 0) is 25.1 Å². The van der Waals surface area contributed by atoms with Gasteiger partial charge in [0.2, 0.25) is 0 Å². The van der Waals surface area contributed by atoms with E-state index < -0.39 is 17.2 Å². The molecule has 14 heavy (non-hydrogen) atoms. The van der Waals surface area contributed by atoms with Gasteiger partial charge in [0.25, 0.3) is 0 Å². The standard InChI is InChI=1S/C11H10F2O/c1-3-6-11(2,14)9-7-8(12)4-5-10(9)13/h1,4-5,7,14H,6H2,2H3/t11-/m0/s1. The van der Waals surface area contributed by atoms with Crippen molar-refractivity contribution in [2.75, 3.05) is 0 Å². The zero-order valence-electron chi connectivity index (χ0n) is 7.72. The van der Waals surface area contributed by atoms with Gasteiger partial charge in [-0.1, -0.05) is 0 Å². The summed E-state index contributed by atoms with van der Waals surface area (Å²) in [4.78, 5) is 0. The molecule has 0 aliphatic heterocycles. The molecule has 1 aromatic carbocycles. The molecule has 1 atom stereocenters. The Morgan fingerprint density at radius 3 is 2.71 bits per heavy atom. The first-order valence-electron chi connectivity index (χ1n) is 4.09. The highest BCUT2D eigenvalue weighted by molar-refractivity contribution is 5.25. The molecule has 0 amide bonds. The molecule has 0 radical (unpaired) electrons. The van der Waals surface area contributed by atoms with Gasteiger partial charge in [-0.15, -0.1) is 12.3 Å². The van der Waals surface area contributed by atoms with E-state index >= 15 is 0 Å².